The lowest BCUT2D eigenvalue weighted by atomic mass is 9.95. The van der Waals surface area contributed by atoms with E-state index in [1.54, 1.807) is 0 Å². The van der Waals surface area contributed by atoms with E-state index in [-0.39, 0.29) is 11.9 Å². The van der Waals surface area contributed by atoms with Gasteiger partial charge in [-0.25, -0.2) is 4.39 Å². The van der Waals surface area contributed by atoms with Gasteiger partial charge >= 0.3 is 0 Å². The average molecular weight is 329 g/mol. The summed E-state index contributed by atoms with van der Waals surface area (Å²) in [5.41, 5.74) is 3.57. The molecule has 0 aromatic heterocycles. The zero-order chi connectivity index (χ0) is 13.7. The first kappa shape index (κ1) is 14.9. The SMILES string of the molecule is NNC(CCC1CCCC1)Cc1ccc(Br)cc1F. The Morgan fingerprint density at radius 1 is 1.37 bits per heavy atom. The van der Waals surface area contributed by atoms with Gasteiger partial charge in [0.2, 0.25) is 0 Å². The molecule has 0 heterocycles. The smallest absolute Gasteiger partial charge is 0.127 e. The lowest BCUT2D eigenvalue weighted by Gasteiger charge is -2.18. The van der Waals surface area contributed by atoms with Crippen molar-refractivity contribution in [3.8, 4) is 0 Å². The van der Waals surface area contributed by atoms with Crippen LogP contribution in [-0.2, 0) is 6.42 Å². The largest absolute Gasteiger partial charge is 0.271 e. The van der Waals surface area contributed by atoms with Crippen molar-refractivity contribution in [2.75, 3.05) is 0 Å². The Morgan fingerprint density at radius 3 is 2.74 bits per heavy atom. The number of hydrazine groups is 1. The highest BCUT2D eigenvalue weighted by Gasteiger charge is 2.18. The minimum absolute atomic E-state index is 0.157. The number of nitrogens with two attached hydrogens (primary N) is 1. The van der Waals surface area contributed by atoms with Crippen molar-refractivity contribution in [3.63, 3.8) is 0 Å². The van der Waals surface area contributed by atoms with Crippen LogP contribution >= 0.6 is 15.9 Å². The van der Waals surface area contributed by atoms with Crippen LogP contribution in [0.2, 0.25) is 0 Å². The van der Waals surface area contributed by atoms with Crippen LogP contribution in [0.3, 0.4) is 0 Å². The molecule has 2 nitrogen and oxygen atoms in total. The minimum Gasteiger partial charge on any atom is -0.271 e. The van der Waals surface area contributed by atoms with Crippen molar-refractivity contribution >= 4 is 15.9 Å². The second-order valence-corrected chi connectivity index (χ2v) is 6.45. The zero-order valence-corrected chi connectivity index (χ0v) is 12.8. The van der Waals surface area contributed by atoms with E-state index in [9.17, 15) is 4.39 Å². The van der Waals surface area contributed by atoms with Gasteiger partial charge in [0.1, 0.15) is 5.82 Å². The minimum atomic E-state index is -0.157. The Bertz CT molecular complexity index is 405. The molecule has 2 rings (SSSR count). The number of halogens is 2. The molecule has 1 aromatic rings. The third kappa shape index (κ3) is 4.55. The summed E-state index contributed by atoms with van der Waals surface area (Å²) >= 11 is 3.27. The Hall–Kier alpha value is -0.450. The van der Waals surface area contributed by atoms with Gasteiger partial charge in [0, 0.05) is 10.5 Å². The van der Waals surface area contributed by atoms with Crippen molar-refractivity contribution in [2.24, 2.45) is 11.8 Å². The summed E-state index contributed by atoms with van der Waals surface area (Å²) in [5.74, 6) is 6.30. The molecule has 3 N–H and O–H groups in total. The van der Waals surface area contributed by atoms with Crippen molar-refractivity contribution in [3.05, 3.63) is 34.1 Å². The molecule has 0 spiro atoms. The van der Waals surface area contributed by atoms with Gasteiger partial charge in [0.15, 0.2) is 0 Å². The average Bonchev–Trinajstić information content (AvgIpc) is 2.90. The molecular weight excluding hydrogens is 307 g/mol. The summed E-state index contributed by atoms with van der Waals surface area (Å²) in [5, 5.41) is 0. The summed E-state index contributed by atoms with van der Waals surface area (Å²) in [6, 6.07) is 5.39. The van der Waals surface area contributed by atoms with E-state index in [2.05, 4.69) is 21.4 Å². The van der Waals surface area contributed by atoms with Crippen LogP contribution in [0.1, 0.15) is 44.1 Å². The molecular formula is C15H22BrFN2. The fourth-order valence-corrected chi connectivity index (χ4v) is 3.27. The molecule has 0 bridgehead atoms. The summed E-state index contributed by atoms with van der Waals surface area (Å²) in [6.45, 7) is 0. The van der Waals surface area contributed by atoms with Crippen LogP contribution in [-0.4, -0.2) is 6.04 Å². The first-order valence-electron chi connectivity index (χ1n) is 7.09. The van der Waals surface area contributed by atoms with E-state index in [0.29, 0.717) is 6.42 Å². The molecule has 1 atom stereocenters. The summed E-state index contributed by atoms with van der Waals surface area (Å²) < 4.78 is 14.6. The maximum Gasteiger partial charge on any atom is 0.127 e. The van der Waals surface area contributed by atoms with Crippen molar-refractivity contribution in [1.82, 2.24) is 5.43 Å². The van der Waals surface area contributed by atoms with E-state index in [0.717, 1.165) is 22.4 Å². The lowest BCUT2D eigenvalue weighted by Crippen LogP contribution is -2.37. The van der Waals surface area contributed by atoms with Crippen LogP contribution < -0.4 is 11.3 Å². The van der Waals surface area contributed by atoms with E-state index >= 15 is 0 Å². The standard InChI is InChI=1S/C15H22BrFN2/c16-13-7-6-12(15(17)10-13)9-14(19-18)8-5-11-3-1-2-4-11/h6-7,10-11,14,19H,1-5,8-9,18H2. The maximum atomic E-state index is 13.8. The van der Waals surface area contributed by atoms with Crippen molar-refractivity contribution < 1.29 is 4.39 Å². The van der Waals surface area contributed by atoms with Crippen LogP contribution in [0.15, 0.2) is 22.7 Å². The molecule has 1 aliphatic rings. The van der Waals surface area contributed by atoms with E-state index in [4.69, 9.17) is 5.84 Å². The van der Waals surface area contributed by atoms with Gasteiger partial charge in [-0.1, -0.05) is 47.7 Å². The Labute approximate surface area is 123 Å². The number of nitrogens with one attached hydrogen (secondary N) is 1. The predicted octanol–water partition coefficient (Wildman–Crippen LogP) is 3.93. The second-order valence-electron chi connectivity index (χ2n) is 5.53. The van der Waals surface area contributed by atoms with Gasteiger partial charge in [-0.2, -0.15) is 0 Å². The highest BCUT2D eigenvalue weighted by molar-refractivity contribution is 9.10. The molecule has 1 unspecified atom stereocenters. The molecule has 19 heavy (non-hydrogen) atoms. The van der Waals surface area contributed by atoms with Gasteiger partial charge in [-0.05, 0) is 42.9 Å². The number of hydrogen-bond acceptors (Lipinski definition) is 2. The monoisotopic (exact) mass is 328 g/mol. The van der Waals surface area contributed by atoms with Gasteiger partial charge < -0.3 is 0 Å². The first-order chi connectivity index (χ1) is 9.19. The van der Waals surface area contributed by atoms with Crippen LogP contribution in [0.5, 0.6) is 0 Å². The summed E-state index contributed by atoms with van der Waals surface area (Å²) in [7, 11) is 0. The summed E-state index contributed by atoms with van der Waals surface area (Å²) in [4.78, 5) is 0. The highest BCUT2D eigenvalue weighted by atomic mass is 79.9. The topological polar surface area (TPSA) is 38.0 Å². The molecule has 106 valence electrons. The first-order valence-corrected chi connectivity index (χ1v) is 7.88. The van der Waals surface area contributed by atoms with Crippen LogP contribution in [0.4, 0.5) is 4.39 Å². The van der Waals surface area contributed by atoms with Crippen molar-refractivity contribution in [2.45, 2.75) is 51.0 Å². The zero-order valence-electron chi connectivity index (χ0n) is 11.2. The van der Waals surface area contributed by atoms with Gasteiger partial charge in [0.05, 0.1) is 0 Å². The molecule has 0 saturated heterocycles. The number of rotatable bonds is 6. The van der Waals surface area contributed by atoms with Gasteiger partial charge in [-0.15, -0.1) is 0 Å². The fourth-order valence-electron chi connectivity index (χ4n) is 2.93. The molecule has 4 heteroatoms. The second kappa shape index (κ2) is 7.36. The molecule has 0 amide bonds. The maximum absolute atomic E-state index is 13.8. The molecule has 1 fully saturated rings. The third-order valence-electron chi connectivity index (χ3n) is 4.12. The Kier molecular flexibility index (Phi) is 5.79. The molecule has 0 radical (unpaired) electrons. The quantitative estimate of drug-likeness (QED) is 0.613. The molecule has 1 aliphatic carbocycles. The molecule has 1 aromatic carbocycles. The van der Waals surface area contributed by atoms with Crippen LogP contribution in [0.25, 0.3) is 0 Å². The molecule has 0 aliphatic heterocycles. The van der Waals surface area contributed by atoms with Gasteiger partial charge in [-0.3, -0.25) is 11.3 Å². The van der Waals surface area contributed by atoms with E-state index in [1.165, 1.54) is 38.2 Å². The predicted molar refractivity (Wildman–Crippen MR) is 80.1 cm³/mol. The normalized spacial score (nSPS) is 17.8. The lowest BCUT2D eigenvalue weighted by molar-refractivity contribution is 0.403. The highest BCUT2D eigenvalue weighted by Crippen LogP contribution is 2.29. The van der Waals surface area contributed by atoms with Crippen LogP contribution in [0, 0.1) is 11.7 Å². The number of hydrogen-bond donors (Lipinski definition) is 2. The fraction of sp³-hybridized carbons (Fsp3) is 0.600. The third-order valence-corrected chi connectivity index (χ3v) is 4.61. The molecule has 1 saturated carbocycles. The number of benzene rings is 1. The van der Waals surface area contributed by atoms with E-state index < -0.39 is 0 Å². The summed E-state index contributed by atoms with van der Waals surface area (Å²) in [6.07, 6.45) is 8.32. The van der Waals surface area contributed by atoms with E-state index in [1.807, 2.05) is 12.1 Å². The van der Waals surface area contributed by atoms with Gasteiger partial charge in [0.25, 0.3) is 0 Å². The Balaban J connectivity index is 1.86. The Morgan fingerprint density at radius 2 is 2.11 bits per heavy atom. The van der Waals surface area contributed by atoms with Crippen molar-refractivity contribution in [1.29, 1.82) is 0 Å².